The van der Waals surface area contributed by atoms with Gasteiger partial charge in [0.2, 0.25) is 5.82 Å². The summed E-state index contributed by atoms with van der Waals surface area (Å²) < 4.78 is 0.621. The summed E-state index contributed by atoms with van der Waals surface area (Å²) in [5, 5.41) is 14.1. The lowest BCUT2D eigenvalue weighted by Gasteiger charge is -2.26. The fraction of sp³-hybridized carbons (Fsp3) is 0.643. The molecule has 1 aromatic rings. The predicted octanol–water partition coefficient (Wildman–Crippen LogP) is 4.38. The number of halogens is 1. The van der Waals surface area contributed by atoms with Crippen molar-refractivity contribution in [3.8, 4) is 0 Å². The van der Waals surface area contributed by atoms with Crippen LogP contribution in [0.25, 0.3) is 0 Å². The number of rotatable bonds is 5. The van der Waals surface area contributed by atoms with Crippen LogP contribution in [-0.2, 0) is 0 Å². The summed E-state index contributed by atoms with van der Waals surface area (Å²) in [4.78, 5) is 14.7. The number of pyridine rings is 1. The molecule has 1 heterocycles. The minimum absolute atomic E-state index is 0.0244. The van der Waals surface area contributed by atoms with Crippen molar-refractivity contribution in [1.29, 1.82) is 0 Å². The summed E-state index contributed by atoms with van der Waals surface area (Å²) in [5.74, 6) is 1.91. The highest BCUT2D eigenvalue weighted by Crippen LogP contribution is 2.31. The summed E-state index contributed by atoms with van der Waals surface area (Å²) >= 11 is 3.21. The Labute approximate surface area is 127 Å². The molecule has 1 aromatic heterocycles. The molecule has 6 heteroatoms. The highest BCUT2D eigenvalue weighted by Gasteiger charge is 2.19. The van der Waals surface area contributed by atoms with Gasteiger partial charge in [0.15, 0.2) is 0 Å². The van der Waals surface area contributed by atoms with Crippen LogP contribution in [0.15, 0.2) is 16.7 Å². The van der Waals surface area contributed by atoms with Gasteiger partial charge in [0.25, 0.3) is 0 Å². The lowest BCUT2D eigenvalue weighted by Crippen LogP contribution is -2.17. The molecule has 2 unspecified atom stereocenters. The summed E-state index contributed by atoms with van der Waals surface area (Å²) in [6, 6.07) is 1.48. The zero-order valence-electron chi connectivity index (χ0n) is 11.6. The van der Waals surface area contributed by atoms with Crippen LogP contribution < -0.4 is 5.32 Å². The molecule has 0 aromatic carbocycles. The molecule has 0 radical (unpaired) electrons. The molecular formula is C14H20BrN3O2. The zero-order chi connectivity index (χ0) is 14.5. The molecule has 1 aliphatic carbocycles. The molecule has 1 saturated carbocycles. The Bertz CT molecular complexity index is 481. The molecule has 0 saturated heterocycles. The first-order valence-electron chi connectivity index (χ1n) is 7.10. The molecule has 1 N–H and O–H groups in total. The Morgan fingerprint density at radius 2 is 2.35 bits per heavy atom. The molecule has 2 atom stereocenters. The normalized spacial score (nSPS) is 22.5. The average molecular weight is 342 g/mol. The monoisotopic (exact) mass is 341 g/mol. The molecule has 2 rings (SSSR count). The largest absolute Gasteiger partial charge is 0.364 e. The fourth-order valence-electron chi connectivity index (χ4n) is 2.92. The lowest BCUT2D eigenvalue weighted by atomic mass is 9.81. The van der Waals surface area contributed by atoms with E-state index in [1.807, 2.05) is 0 Å². The van der Waals surface area contributed by atoms with Crippen molar-refractivity contribution in [3.63, 3.8) is 0 Å². The van der Waals surface area contributed by atoms with E-state index in [9.17, 15) is 10.1 Å². The number of nitro groups is 1. The van der Waals surface area contributed by atoms with E-state index < -0.39 is 4.92 Å². The van der Waals surface area contributed by atoms with Gasteiger partial charge in [-0.25, -0.2) is 4.98 Å². The van der Waals surface area contributed by atoms with E-state index in [0.717, 1.165) is 24.8 Å². The van der Waals surface area contributed by atoms with Crippen LogP contribution in [0, 0.1) is 22.0 Å². The molecule has 0 bridgehead atoms. The first kappa shape index (κ1) is 15.2. The second-order valence-corrected chi connectivity index (χ2v) is 6.55. The van der Waals surface area contributed by atoms with Crippen molar-refractivity contribution in [1.82, 2.24) is 4.98 Å². The number of nitrogens with one attached hydrogen (secondary N) is 1. The van der Waals surface area contributed by atoms with Gasteiger partial charge < -0.3 is 5.32 Å². The van der Waals surface area contributed by atoms with Crippen LogP contribution in [-0.4, -0.2) is 16.5 Å². The van der Waals surface area contributed by atoms with Gasteiger partial charge in [-0.05, 0) is 40.6 Å². The Morgan fingerprint density at radius 1 is 1.55 bits per heavy atom. The van der Waals surface area contributed by atoms with Gasteiger partial charge in [-0.2, -0.15) is 0 Å². The standard InChI is InChI=1S/C14H20BrN3O2/c1-10-3-2-4-11(7-10)5-6-16-14-13(18(19)20)8-12(15)9-17-14/h8-11H,2-7H2,1H3,(H,16,17). The van der Waals surface area contributed by atoms with Gasteiger partial charge in [-0.15, -0.1) is 0 Å². The molecule has 110 valence electrons. The van der Waals surface area contributed by atoms with E-state index in [4.69, 9.17) is 0 Å². The summed E-state index contributed by atoms with van der Waals surface area (Å²) in [6.07, 6.45) is 7.84. The van der Waals surface area contributed by atoms with E-state index in [0.29, 0.717) is 10.3 Å². The summed E-state index contributed by atoms with van der Waals surface area (Å²) in [6.45, 7) is 3.05. The lowest BCUT2D eigenvalue weighted by molar-refractivity contribution is -0.384. The number of anilines is 1. The topological polar surface area (TPSA) is 68.1 Å². The van der Waals surface area contributed by atoms with Crippen molar-refractivity contribution in [2.24, 2.45) is 11.8 Å². The van der Waals surface area contributed by atoms with Crippen molar-refractivity contribution >= 4 is 27.4 Å². The second kappa shape index (κ2) is 7.02. The number of nitrogens with zero attached hydrogens (tertiary/aromatic N) is 2. The molecule has 1 fully saturated rings. The Hall–Kier alpha value is -1.17. The van der Waals surface area contributed by atoms with E-state index in [1.54, 1.807) is 6.20 Å². The quantitative estimate of drug-likeness (QED) is 0.637. The maximum absolute atomic E-state index is 11.0. The van der Waals surface area contributed by atoms with Crippen LogP contribution in [0.2, 0.25) is 0 Å². The molecule has 5 nitrogen and oxygen atoms in total. The van der Waals surface area contributed by atoms with Crippen LogP contribution >= 0.6 is 15.9 Å². The minimum atomic E-state index is -0.400. The van der Waals surface area contributed by atoms with E-state index in [2.05, 4.69) is 33.2 Å². The SMILES string of the molecule is CC1CCCC(CCNc2ncc(Br)cc2[N+](=O)[O-])C1. The average Bonchev–Trinajstić information content (AvgIpc) is 2.40. The van der Waals surface area contributed by atoms with Gasteiger partial charge in [0, 0.05) is 23.3 Å². The van der Waals surface area contributed by atoms with E-state index in [1.165, 1.54) is 31.7 Å². The smallest absolute Gasteiger partial charge is 0.312 e. The highest BCUT2D eigenvalue weighted by atomic mass is 79.9. The Balaban J connectivity index is 1.89. The van der Waals surface area contributed by atoms with Gasteiger partial charge in [-0.3, -0.25) is 10.1 Å². The maximum Gasteiger partial charge on any atom is 0.312 e. The zero-order valence-corrected chi connectivity index (χ0v) is 13.2. The van der Waals surface area contributed by atoms with Crippen LogP contribution in [0.3, 0.4) is 0 Å². The van der Waals surface area contributed by atoms with Crippen LogP contribution in [0.5, 0.6) is 0 Å². The maximum atomic E-state index is 11.0. The van der Waals surface area contributed by atoms with E-state index >= 15 is 0 Å². The van der Waals surface area contributed by atoms with Gasteiger partial charge in [0.1, 0.15) is 0 Å². The number of aromatic nitrogens is 1. The number of hydrogen-bond donors (Lipinski definition) is 1. The molecule has 1 aliphatic rings. The van der Waals surface area contributed by atoms with Crippen LogP contribution in [0.4, 0.5) is 11.5 Å². The van der Waals surface area contributed by atoms with Gasteiger partial charge >= 0.3 is 5.69 Å². The highest BCUT2D eigenvalue weighted by molar-refractivity contribution is 9.10. The first-order valence-corrected chi connectivity index (χ1v) is 7.89. The van der Waals surface area contributed by atoms with Crippen molar-refractivity contribution < 1.29 is 4.92 Å². The molecule has 0 spiro atoms. The predicted molar refractivity (Wildman–Crippen MR) is 82.8 cm³/mol. The summed E-state index contributed by atoms with van der Waals surface area (Å²) in [7, 11) is 0. The third kappa shape index (κ3) is 4.16. The van der Waals surface area contributed by atoms with Crippen molar-refractivity contribution in [2.75, 3.05) is 11.9 Å². The molecule has 0 aliphatic heterocycles. The molecule has 20 heavy (non-hydrogen) atoms. The fourth-order valence-corrected chi connectivity index (χ4v) is 3.24. The Morgan fingerprint density at radius 3 is 3.05 bits per heavy atom. The van der Waals surface area contributed by atoms with Crippen molar-refractivity contribution in [3.05, 3.63) is 26.9 Å². The van der Waals surface area contributed by atoms with E-state index in [-0.39, 0.29) is 5.69 Å². The Kier molecular flexibility index (Phi) is 5.34. The summed E-state index contributed by atoms with van der Waals surface area (Å²) in [5.41, 5.74) is 0.0244. The number of hydrogen-bond acceptors (Lipinski definition) is 4. The van der Waals surface area contributed by atoms with Gasteiger partial charge in [0.05, 0.1) is 4.92 Å². The van der Waals surface area contributed by atoms with Crippen LogP contribution in [0.1, 0.15) is 39.0 Å². The van der Waals surface area contributed by atoms with Crippen molar-refractivity contribution in [2.45, 2.75) is 39.0 Å². The van der Waals surface area contributed by atoms with Gasteiger partial charge in [-0.1, -0.05) is 26.2 Å². The second-order valence-electron chi connectivity index (χ2n) is 5.63. The third-order valence-corrected chi connectivity index (χ3v) is 4.35. The third-order valence-electron chi connectivity index (χ3n) is 3.92. The molecular weight excluding hydrogens is 322 g/mol. The molecule has 0 amide bonds. The minimum Gasteiger partial charge on any atom is -0.364 e. The first-order chi connectivity index (χ1) is 9.56.